The fourth-order valence-corrected chi connectivity index (χ4v) is 3.31. The van der Waals surface area contributed by atoms with Crippen LogP contribution in [0.15, 0.2) is 0 Å². The van der Waals surface area contributed by atoms with Crippen LogP contribution >= 0.6 is 0 Å². The average molecular weight is 198 g/mol. The third-order valence-electron chi connectivity index (χ3n) is 3.52. The van der Waals surface area contributed by atoms with Crippen LogP contribution in [-0.4, -0.2) is 24.2 Å². The fourth-order valence-electron chi connectivity index (χ4n) is 3.31. The number of ether oxygens (including phenoxy) is 1. The second-order valence-corrected chi connectivity index (χ2v) is 4.85. The Morgan fingerprint density at radius 2 is 1.71 bits per heavy atom. The number of carboxylic acid groups (broad SMARTS) is 1. The third-order valence-corrected chi connectivity index (χ3v) is 3.52. The van der Waals surface area contributed by atoms with E-state index in [9.17, 15) is 9.59 Å². The molecular formula is C10H14O4. The van der Waals surface area contributed by atoms with Gasteiger partial charge >= 0.3 is 11.9 Å². The van der Waals surface area contributed by atoms with Crippen LogP contribution in [0.1, 0.15) is 32.1 Å². The lowest BCUT2D eigenvalue weighted by Crippen LogP contribution is -2.62. The molecule has 14 heavy (non-hydrogen) atoms. The quantitative estimate of drug-likeness (QED) is 0.689. The SMILES string of the molecule is COC(=O)CC12CC(CC(=O)O)(C1)C2. The Labute approximate surface area is 82.2 Å². The van der Waals surface area contributed by atoms with Crippen molar-refractivity contribution in [2.24, 2.45) is 10.8 Å². The highest BCUT2D eigenvalue weighted by Gasteiger charge is 2.68. The molecule has 3 fully saturated rings. The average Bonchev–Trinajstić information content (AvgIpc) is 1.97. The maximum absolute atomic E-state index is 11.0. The number of hydrogen-bond acceptors (Lipinski definition) is 3. The van der Waals surface area contributed by atoms with Crippen molar-refractivity contribution in [3.63, 3.8) is 0 Å². The van der Waals surface area contributed by atoms with Gasteiger partial charge in [0.2, 0.25) is 0 Å². The van der Waals surface area contributed by atoms with Crippen LogP contribution in [0.2, 0.25) is 0 Å². The first-order chi connectivity index (χ1) is 6.49. The summed E-state index contributed by atoms with van der Waals surface area (Å²) in [7, 11) is 1.39. The number of esters is 1. The lowest BCUT2D eigenvalue weighted by Gasteiger charge is -2.70. The smallest absolute Gasteiger partial charge is 0.306 e. The van der Waals surface area contributed by atoms with Gasteiger partial charge < -0.3 is 9.84 Å². The van der Waals surface area contributed by atoms with Crippen molar-refractivity contribution in [3.8, 4) is 0 Å². The monoisotopic (exact) mass is 198 g/mol. The normalized spacial score (nSPS) is 38.1. The maximum Gasteiger partial charge on any atom is 0.306 e. The van der Waals surface area contributed by atoms with E-state index in [0.29, 0.717) is 6.42 Å². The molecule has 0 spiro atoms. The van der Waals surface area contributed by atoms with Crippen LogP contribution in [0.5, 0.6) is 0 Å². The maximum atomic E-state index is 11.0. The highest BCUT2D eigenvalue weighted by Crippen LogP contribution is 2.76. The molecule has 0 radical (unpaired) electrons. The van der Waals surface area contributed by atoms with E-state index in [-0.39, 0.29) is 23.2 Å². The Morgan fingerprint density at radius 1 is 1.21 bits per heavy atom. The molecule has 3 aliphatic carbocycles. The second-order valence-electron chi connectivity index (χ2n) is 4.85. The first-order valence-electron chi connectivity index (χ1n) is 4.78. The van der Waals surface area contributed by atoms with E-state index in [2.05, 4.69) is 4.74 Å². The molecule has 3 rings (SSSR count). The zero-order chi connectivity index (χ0) is 10.4. The van der Waals surface area contributed by atoms with Crippen LogP contribution in [0.3, 0.4) is 0 Å². The van der Waals surface area contributed by atoms with Gasteiger partial charge in [0.25, 0.3) is 0 Å². The molecule has 4 nitrogen and oxygen atoms in total. The lowest BCUT2D eigenvalue weighted by atomic mass is 9.33. The van der Waals surface area contributed by atoms with Gasteiger partial charge in [-0.15, -0.1) is 0 Å². The van der Waals surface area contributed by atoms with Crippen LogP contribution in [0.25, 0.3) is 0 Å². The second kappa shape index (κ2) is 2.72. The fraction of sp³-hybridized carbons (Fsp3) is 0.800. The topological polar surface area (TPSA) is 63.6 Å². The van der Waals surface area contributed by atoms with Crippen LogP contribution in [0.4, 0.5) is 0 Å². The largest absolute Gasteiger partial charge is 0.481 e. The van der Waals surface area contributed by atoms with Crippen molar-refractivity contribution in [1.29, 1.82) is 0 Å². The molecule has 0 amide bonds. The molecule has 0 heterocycles. The summed E-state index contributed by atoms with van der Waals surface area (Å²) in [6, 6.07) is 0. The van der Waals surface area contributed by atoms with Gasteiger partial charge in [0, 0.05) is 0 Å². The van der Waals surface area contributed by atoms with Gasteiger partial charge in [-0.1, -0.05) is 0 Å². The van der Waals surface area contributed by atoms with Crippen LogP contribution < -0.4 is 0 Å². The van der Waals surface area contributed by atoms with E-state index >= 15 is 0 Å². The molecule has 0 atom stereocenters. The zero-order valence-corrected chi connectivity index (χ0v) is 8.21. The van der Waals surface area contributed by atoms with Crippen LogP contribution in [-0.2, 0) is 14.3 Å². The first kappa shape index (κ1) is 9.49. The molecule has 0 unspecified atom stereocenters. The molecule has 3 aliphatic rings. The lowest BCUT2D eigenvalue weighted by molar-refractivity contribution is -0.219. The van der Waals surface area contributed by atoms with Gasteiger partial charge in [-0.2, -0.15) is 0 Å². The van der Waals surface area contributed by atoms with Gasteiger partial charge in [-0.25, -0.2) is 0 Å². The molecule has 0 aromatic carbocycles. The third kappa shape index (κ3) is 1.29. The van der Waals surface area contributed by atoms with E-state index in [1.807, 2.05) is 0 Å². The summed E-state index contributed by atoms with van der Waals surface area (Å²) in [5, 5.41) is 8.66. The van der Waals surface area contributed by atoms with E-state index < -0.39 is 5.97 Å². The summed E-state index contributed by atoms with van der Waals surface area (Å²) in [5.41, 5.74) is 0.127. The number of methoxy groups -OCH3 is 1. The molecular weight excluding hydrogens is 184 g/mol. The Hall–Kier alpha value is -1.06. The minimum absolute atomic E-state index is 0.0276. The van der Waals surface area contributed by atoms with Crippen LogP contribution in [0, 0.1) is 10.8 Å². The van der Waals surface area contributed by atoms with Gasteiger partial charge in [-0.3, -0.25) is 9.59 Å². The highest BCUT2D eigenvalue weighted by molar-refractivity contribution is 5.72. The standard InChI is InChI=1S/C10H14O4/c1-14-8(13)3-10-4-9(5-10,6-10)2-7(11)12/h2-6H2,1H3,(H,11,12). The summed E-state index contributed by atoms with van der Waals surface area (Å²) >= 11 is 0. The number of carboxylic acids is 1. The van der Waals surface area contributed by atoms with Crippen molar-refractivity contribution < 1.29 is 19.4 Å². The molecule has 1 N–H and O–H groups in total. The molecule has 0 aromatic heterocycles. The summed E-state index contributed by atoms with van der Waals surface area (Å²) < 4.78 is 4.61. The van der Waals surface area contributed by atoms with Gasteiger partial charge in [0.1, 0.15) is 0 Å². The molecule has 0 aromatic rings. The Balaban J connectivity index is 1.82. The summed E-state index contributed by atoms with van der Waals surface area (Å²) in [6.45, 7) is 0. The molecule has 3 saturated carbocycles. The van der Waals surface area contributed by atoms with E-state index in [0.717, 1.165) is 19.3 Å². The Kier molecular flexibility index (Phi) is 1.84. The van der Waals surface area contributed by atoms with Crippen molar-refractivity contribution in [2.45, 2.75) is 32.1 Å². The minimum Gasteiger partial charge on any atom is -0.481 e. The number of hydrogen-bond donors (Lipinski definition) is 1. The molecule has 2 bridgehead atoms. The van der Waals surface area contributed by atoms with Crippen molar-refractivity contribution in [3.05, 3.63) is 0 Å². The van der Waals surface area contributed by atoms with E-state index in [4.69, 9.17) is 5.11 Å². The molecule has 78 valence electrons. The number of rotatable bonds is 4. The summed E-state index contributed by atoms with van der Waals surface area (Å²) in [4.78, 5) is 21.6. The first-order valence-corrected chi connectivity index (χ1v) is 4.78. The predicted molar refractivity (Wildman–Crippen MR) is 47.6 cm³/mol. The number of aliphatic carboxylic acids is 1. The van der Waals surface area contributed by atoms with Crippen molar-refractivity contribution >= 4 is 11.9 Å². The van der Waals surface area contributed by atoms with Crippen molar-refractivity contribution in [1.82, 2.24) is 0 Å². The molecule has 0 saturated heterocycles. The molecule has 0 aliphatic heterocycles. The van der Waals surface area contributed by atoms with E-state index in [1.165, 1.54) is 7.11 Å². The van der Waals surface area contributed by atoms with Gasteiger partial charge in [0.15, 0.2) is 0 Å². The summed E-state index contributed by atoms with van der Waals surface area (Å²) in [5.74, 6) is -0.898. The Morgan fingerprint density at radius 3 is 2.14 bits per heavy atom. The Bertz CT molecular complexity index is 275. The predicted octanol–water partition coefficient (Wildman–Crippen LogP) is 1.19. The number of carbonyl (C=O) groups is 2. The van der Waals surface area contributed by atoms with Gasteiger partial charge in [-0.05, 0) is 30.1 Å². The molecule has 4 heteroatoms. The van der Waals surface area contributed by atoms with Gasteiger partial charge in [0.05, 0.1) is 20.0 Å². The minimum atomic E-state index is -0.726. The van der Waals surface area contributed by atoms with Crippen molar-refractivity contribution in [2.75, 3.05) is 7.11 Å². The zero-order valence-electron chi connectivity index (χ0n) is 8.21. The highest BCUT2D eigenvalue weighted by atomic mass is 16.5. The van der Waals surface area contributed by atoms with E-state index in [1.54, 1.807) is 0 Å². The summed E-state index contributed by atoms with van der Waals surface area (Å²) in [6.07, 6.45) is 3.39. The number of carbonyl (C=O) groups excluding carboxylic acids is 1.